The zero-order valence-corrected chi connectivity index (χ0v) is 16.9. The van der Waals surface area contributed by atoms with Gasteiger partial charge in [0.2, 0.25) is 5.95 Å². The third-order valence-electron chi connectivity index (χ3n) is 4.47. The van der Waals surface area contributed by atoms with Gasteiger partial charge in [0.25, 0.3) is 0 Å². The summed E-state index contributed by atoms with van der Waals surface area (Å²) in [7, 11) is 0. The summed E-state index contributed by atoms with van der Waals surface area (Å²) in [4.78, 5) is 13.4. The van der Waals surface area contributed by atoms with Crippen LogP contribution in [0.4, 0.5) is 17.5 Å². The van der Waals surface area contributed by atoms with Crippen LogP contribution in [0.1, 0.15) is 19.4 Å². The molecule has 2 heterocycles. The first-order valence-corrected chi connectivity index (χ1v) is 9.54. The highest BCUT2D eigenvalue weighted by molar-refractivity contribution is 6.33. The zero-order valence-electron chi connectivity index (χ0n) is 16.1. The van der Waals surface area contributed by atoms with Crippen molar-refractivity contribution in [2.75, 3.05) is 17.2 Å². The van der Waals surface area contributed by atoms with Crippen molar-refractivity contribution in [1.29, 1.82) is 0 Å². The van der Waals surface area contributed by atoms with Crippen LogP contribution in [0.15, 0.2) is 48.8 Å². The molecule has 0 unspecified atom stereocenters. The normalized spacial score (nSPS) is 12.1. The number of rotatable bonds is 7. The Labute approximate surface area is 170 Å². The third kappa shape index (κ3) is 4.77. The number of aromatic nitrogens is 3. The molecule has 2 aromatic heterocycles. The van der Waals surface area contributed by atoms with Gasteiger partial charge in [-0.05, 0) is 36.6 Å². The Bertz CT molecular complexity index is 913. The number of aliphatic hydroxyl groups is 1. The summed E-state index contributed by atoms with van der Waals surface area (Å²) in [6, 6.07) is 11.2. The van der Waals surface area contributed by atoms with Crippen LogP contribution in [0.25, 0.3) is 11.3 Å². The van der Waals surface area contributed by atoms with Crippen molar-refractivity contribution in [3.63, 3.8) is 0 Å². The highest BCUT2D eigenvalue weighted by Crippen LogP contribution is 2.30. The minimum absolute atomic E-state index is 0.00939. The van der Waals surface area contributed by atoms with Crippen LogP contribution < -0.4 is 10.6 Å². The minimum atomic E-state index is -0.154. The van der Waals surface area contributed by atoms with Crippen molar-refractivity contribution in [3.05, 3.63) is 59.4 Å². The van der Waals surface area contributed by atoms with Gasteiger partial charge in [0.05, 0.1) is 29.1 Å². The number of pyridine rings is 1. The summed E-state index contributed by atoms with van der Waals surface area (Å²) in [6.45, 7) is 6.04. The monoisotopic (exact) mass is 397 g/mol. The Hall–Kier alpha value is -2.70. The second-order valence-corrected chi connectivity index (χ2v) is 7.35. The number of benzene rings is 1. The zero-order chi connectivity index (χ0) is 20.1. The van der Waals surface area contributed by atoms with Crippen LogP contribution in [-0.4, -0.2) is 32.7 Å². The molecular formula is C21H24ClN5O. The minimum Gasteiger partial charge on any atom is -0.394 e. The third-order valence-corrected chi connectivity index (χ3v) is 4.79. The largest absolute Gasteiger partial charge is 0.394 e. The van der Waals surface area contributed by atoms with Crippen molar-refractivity contribution < 1.29 is 5.11 Å². The lowest BCUT2D eigenvalue weighted by atomic mass is 10.1. The maximum Gasteiger partial charge on any atom is 0.225 e. The van der Waals surface area contributed by atoms with E-state index in [4.69, 9.17) is 11.6 Å². The summed E-state index contributed by atoms with van der Waals surface area (Å²) < 4.78 is 0. The van der Waals surface area contributed by atoms with Gasteiger partial charge in [-0.3, -0.25) is 4.98 Å². The van der Waals surface area contributed by atoms with E-state index >= 15 is 0 Å². The Morgan fingerprint density at radius 2 is 1.96 bits per heavy atom. The van der Waals surface area contributed by atoms with Gasteiger partial charge in [-0.2, -0.15) is 4.98 Å². The average Bonchev–Trinajstić information content (AvgIpc) is 2.69. The maximum absolute atomic E-state index is 9.66. The van der Waals surface area contributed by atoms with E-state index in [0.717, 1.165) is 22.5 Å². The molecule has 146 valence electrons. The molecule has 1 aromatic carbocycles. The van der Waals surface area contributed by atoms with Crippen molar-refractivity contribution in [2.24, 2.45) is 5.92 Å². The van der Waals surface area contributed by atoms with Gasteiger partial charge in [-0.25, -0.2) is 4.98 Å². The summed E-state index contributed by atoms with van der Waals surface area (Å²) in [5.41, 5.74) is 3.41. The summed E-state index contributed by atoms with van der Waals surface area (Å²) in [5.74, 6) is 1.26. The standard InChI is InChI=1S/C21H24ClN5O/c1-13(2)18(12-28)25-21-24-17(15-7-5-9-23-11-15)10-19(27-21)26-20-14(3)6-4-8-16(20)22/h4-11,13,18,28H,12H2,1-3H3,(H2,24,25,26,27)/t18-/m0/s1. The van der Waals surface area contributed by atoms with Crippen molar-refractivity contribution in [1.82, 2.24) is 15.0 Å². The van der Waals surface area contributed by atoms with Crippen molar-refractivity contribution in [2.45, 2.75) is 26.8 Å². The summed E-state index contributed by atoms with van der Waals surface area (Å²) in [6.07, 6.45) is 3.47. The number of nitrogens with one attached hydrogen (secondary N) is 2. The van der Waals surface area contributed by atoms with Crippen LogP contribution in [0.2, 0.25) is 5.02 Å². The number of hydrogen-bond donors (Lipinski definition) is 3. The summed E-state index contributed by atoms with van der Waals surface area (Å²) in [5, 5.41) is 16.8. The highest BCUT2D eigenvalue weighted by Gasteiger charge is 2.16. The quantitative estimate of drug-likeness (QED) is 0.537. The van der Waals surface area contributed by atoms with Gasteiger partial charge in [-0.15, -0.1) is 0 Å². The van der Waals surface area contributed by atoms with Gasteiger partial charge in [-0.1, -0.05) is 37.6 Å². The number of anilines is 3. The van der Waals surface area contributed by atoms with E-state index in [9.17, 15) is 5.11 Å². The molecule has 1 atom stereocenters. The molecule has 0 aliphatic rings. The predicted octanol–water partition coefficient (Wildman–Crippen LogP) is 4.67. The first-order chi connectivity index (χ1) is 13.5. The number of aliphatic hydroxyl groups excluding tert-OH is 1. The molecule has 3 N–H and O–H groups in total. The number of nitrogens with zero attached hydrogens (tertiary/aromatic N) is 3. The van der Waals surface area contributed by atoms with Gasteiger partial charge in [0.15, 0.2) is 0 Å². The SMILES string of the molecule is Cc1cccc(Cl)c1Nc1cc(-c2cccnc2)nc(N[C@@H](CO)C(C)C)n1. The Morgan fingerprint density at radius 1 is 1.14 bits per heavy atom. The van der Waals surface area contributed by atoms with Gasteiger partial charge in [0.1, 0.15) is 5.82 Å². The topological polar surface area (TPSA) is 83.0 Å². The van der Waals surface area contributed by atoms with Crippen LogP contribution in [0, 0.1) is 12.8 Å². The van der Waals surface area contributed by atoms with E-state index < -0.39 is 0 Å². The van der Waals surface area contributed by atoms with Gasteiger partial charge >= 0.3 is 0 Å². The van der Waals surface area contributed by atoms with E-state index in [-0.39, 0.29) is 18.6 Å². The van der Waals surface area contributed by atoms with Gasteiger partial charge in [0, 0.05) is 24.0 Å². The number of hydrogen-bond acceptors (Lipinski definition) is 6. The van der Waals surface area contributed by atoms with Crippen LogP contribution >= 0.6 is 11.6 Å². The van der Waals surface area contributed by atoms with E-state index in [1.807, 2.05) is 57.2 Å². The molecule has 3 aromatic rings. The van der Waals surface area contributed by atoms with E-state index in [0.29, 0.717) is 16.8 Å². The molecule has 0 amide bonds. The van der Waals surface area contributed by atoms with E-state index in [1.54, 1.807) is 12.4 Å². The molecule has 0 spiro atoms. The Balaban J connectivity index is 2.02. The lowest BCUT2D eigenvalue weighted by Gasteiger charge is -2.21. The van der Waals surface area contributed by atoms with Gasteiger partial charge < -0.3 is 15.7 Å². The van der Waals surface area contributed by atoms with Crippen LogP contribution in [0.5, 0.6) is 0 Å². The fraction of sp³-hybridized carbons (Fsp3) is 0.286. The lowest BCUT2D eigenvalue weighted by Crippen LogP contribution is -2.30. The Morgan fingerprint density at radius 3 is 2.61 bits per heavy atom. The fourth-order valence-corrected chi connectivity index (χ4v) is 3.01. The molecular weight excluding hydrogens is 374 g/mol. The van der Waals surface area contributed by atoms with Crippen LogP contribution in [0.3, 0.4) is 0 Å². The van der Waals surface area contributed by atoms with Crippen LogP contribution in [-0.2, 0) is 0 Å². The molecule has 0 fully saturated rings. The molecule has 0 saturated heterocycles. The molecule has 0 aliphatic heterocycles. The number of para-hydroxylation sites is 1. The maximum atomic E-state index is 9.66. The highest BCUT2D eigenvalue weighted by atomic mass is 35.5. The lowest BCUT2D eigenvalue weighted by molar-refractivity contribution is 0.248. The average molecular weight is 398 g/mol. The number of halogens is 1. The fourth-order valence-electron chi connectivity index (χ4n) is 2.75. The van der Waals surface area contributed by atoms with Crippen molar-refractivity contribution in [3.8, 4) is 11.3 Å². The Kier molecular flexibility index (Phi) is 6.44. The smallest absolute Gasteiger partial charge is 0.225 e. The first-order valence-electron chi connectivity index (χ1n) is 9.17. The predicted molar refractivity (Wildman–Crippen MR) is 114 cm³/mol. The molecule has 7 heteroatoms. The first kappa shape index (κ1) is 20.0. The second kappa shape index (κ2) is 8.99. The molecule has 3 rings (SSSR count). The molecule has 28 heavy (non-hydrogen) atoms. The summed E-state index contributed by atoms with van der Waals surface area (Å²) >= 11 is 6.36. The molecule has 0 aliphatic carbocycles. The van der Waals surface area contributed by atoms with Crippen molar-refractivity contribution >= 4 is 29.1 Å². The molecule has 6 nitrogen and oxygen atoms in total. The number of aryl methyl sites for hydroxylation is 1. The molecule has 0 saturated carbocycles. The van der Waals surface area contributed by atoms with E-state index in [2.05, 4.69) is 25.6 Å². The van der Waals surface area contributed by atoms with E-state index in [1.165, 1.54) is 0 Å². The second-order valence-electron chi connectivity index (χ2n) is 6.94. The molecule has 0 radical (unpaired) electrons. The molecule has 0 bridgehead atoms.